The fraction of sp³-hybridized carbons (Fsp3) is 0. The molecule has 25 heavy (non-hydrogen) atoms. The molecular weight excluding hydrogens is 357 g/mol. The number of nitrogens with zero attached hydrogens (tertiary/aromatic N) is 2. The van der Waals surface area contributed by atoms with Gasteiger partial charge in [-0.15, -0.1) is 11.3 Å². The van der Waals surface area contributed by atoms with Crippen LogP contribution in [0.25, 0.3) is 16.3 Å². The predicted molar refractivity (Wildman–Crippen MR) is 99.1 cm³/mol. The first kappa shape index (κ1) is 15.7. The number of hydrogen-bond donors (Lipinski definition) is 1. The lowest BCUT2D eigenvalue weighted by Gasteiger charge is -2.08. The molecular formula is C18H12FN3OS2. The fourth-order valence-corrected chi connectivity index (χ4v) is 3.87. The molecule has 0 aliphatic heterocycles. The number of nitrogens with one attached hydrogen (secondary N) is 1. The van der Waals surface area contributed by atoms with E-state index >= 15 is 0 Å². The van der Waals surface area contributed by atoms with E-state index in [4.69, 9.17) is 0 Å². The van der Waals surface area contributed by atoms with Crippen LogP contribution in [0.5, 0.6) is 0 Å². The van der Waals surface area contributed by atoms with Gasteiger partial charge in [-0.25, -0.2) is 9.37 Å². The molecule has 0 saturated heterocycles. The molecule has 0 atom stereocenters. The summed E-state index contributed by atoms with van der Waals surface area (Å²) < 4.78 is 15.9. The SMILES string of the molecule is O=C(Nc1cc(-n2cccc2)ccc1F)c1csc(-c2ccsc2)n1. The Morgan fingerprint density at radius 1 is 1.16 bits per heavy atom. The van der Waals surface area contributed by atoms with E-state index in [9.17, 15) is 9.18 Å². The third-order valence-corrected chi connectivity index (χ3v) is 5.18. The first-order valence-corrected chi connectivity index (χ1v) is 9.25. The van der Waals surface area contributed by atoms with Gasteiger partial charge in [-0.05, 0) is 41.8 Å². The molecule has 0 fully saturated rings. The van der Waals surface area contributed by atoms with E-state index in [1.165, 1.54) is 17.4 Å². The zero-order valence-corrected chi connectivity index (χ0v) is 14.5. The molecule has 0 aliphatic rings. The smallest absolute Gasteiger partial charge is 0.275 e. The monoisotopic (exact) mass is 369 g/mol. The van der Waals surface area contributed by atoms with Crippen LogP contribution in [0.1, 0.15) is 10.5 Å². The lowest BCUT2D eigenvalue weighted by atomic mass is 10.2. The Bertz CT molecular complexity index is 1010. The van der Waals surface area contributed by atoms with Gasteiger partial charge in [-0.1, -0.05) is 0 Å². The van der Waals surface area contributed by atoms with Crippen LogP contribution in [0.2, 0.25) is 0 Å². The molecule has 0 spiro atoms. The second-order valence-corrected chi connectivity index (χ2v) is 6.90. The number of hydrogen-bond acceptors (Lipinski definition) is 4. The summed E-state index contributed by atoms with van der Waals surface area (Å²) in [6.07, 6.45) is 3.71. The number of amides is 1. The highest BCUT2D eigenvalue weighted by atomic mass is 32.1. The van der Waals surface area contributed by atoms with E-state index in [1.54, 1.807) is 28.8 Å². The molecule has 3 heterocycles. The average molecular weight is 369 g/mol. The largest absolute Gasteiger partial charge is 0.324 e. The van der Waals surface area contributed by atoms with Crippen LogP contribution in [0.4, 0.5) is 10.1 Å². The van der Waals surface area contributed by atoms with Gasteiger partial charge in [0.15, 0.2) is 0 Å². The van der Waals surface area contributed by atoms with Gasteiger partial charge >= 0.3 is 0 Å². The molecule has 4 nitrogen and oxygen atoms in total. The molecule has 1 N–H and O–H groups in total. The van der Waals surface area contributed by atoms with Gasteiger partial charge in [0, 0.05) is 34.4 Å². The molecule has 3 aromatic heterocycles. The van der Waals surface area contributed by atoms with Crippen LogP contribution in [-0.4, -0.2) is 15.5 Å². The Morgan fingerprint density at radius 3 is 2.76 bits per heavy atom. The lowest BCUT2D eigenvalue weighted by Crippen LogP contribution is -2.13. The summed E-state index contributed by atoms with van der Waals surface area (Å²) >= 11 is 2.96. The van der Waals surface area contributed by atoms with E-state index in [2.05, 4.69) is 10.3 Å². The highest BCUT2D eigenvalue weighted by molar-refractivity contribution is 7.14. The molecule has 124 valence electrons. The Hall–Kier alpha value is -2.77. The van der Waals surface area contributed by atoms with Crippen molar-refractivity contribution in [1.82, 2.24) is 9.55 Å². The average Bonchev–Trinajstić information content (AvgIpc) is 3.37. The number of thiophene rings is 1. The minimum absolute atomic E-state index is 0.126. The fourth-order valence-electron chi connectivity index (χ4n) is 2.36. The molecule has 1 aromatic carbocycles. The number of aromatic nitrogens is 2. The Morgan fingerprint density at radius 2 is 2.00 bits per heavy atom. The van der Waals surface area contributed by atoms with Crippen molar-refractivity contribution in [3.05, 3.63) is 76.4 Å². The number of anilines is 1. The molecule has 1 amide bonds. The topological polar surface area (TPSA) is 46.9 Å². The third-order valence-electron chi connectivity index (χ3n) is 3.61. The minimum Gasteiger partial charge on any atom is -0.324 e. The van der Waals surface area contributed by atoms with Crippen LogP contribution in [0.15, 0.2) is 64.9 Å². The number of carbonyl (C=O) groups is 1. The van der Waals surface area contributed by atoms with Crippen molar-refractivity contribution in [2.75, 3.05) is 5.32 Å². The van der Waals surface area contributed by atoms with Crippen molar-refractivity contribution in [3.63, 3.8) is 0 Å². The van der Waals surface area contributed by atoms with Crippen LogP contribution >= 0.6 is 22.7 Å². The molecule has 0 unspecified atom stereocenters. The third kappa shape index (κ3) is 3.24. The van der Waals surface area contributed by atoms with Crippen molar-refractivity contribution >= 4 is 34.3 Å². The maximum Gasteiger partial charge on any atom is 0.275 e. The Kier molecular flexibility index (Phi) is 4.17. The summed E-state index contributed by atoms with van der Waals surface area (Å²) in [7, 11) is 0. The van der Waals surface area contributed by atoms with Gasteiger partial charge in [0.05, 0.1) is 5.69 Å². The molecule has 4 rings (SSSR count). The number of halogens is 1. The maximum atomic E-state index is 14.1. The van der Waals surface area contributed by atoms with E-state index in [0.29, 0.717) is 0 Å². The van der Waals surface area contributed by atoms with E-state index in [1.807, 2.05) is 45.9 Å². The van der Waals surface area contributed by atoms with Gasteiger partial charge in [-0.3, -0.25) is 4.79 Å². The second kappa shape index (κ2) is 6.62. The standard InChI is InChI=1S/C18H12FN3OS2/c19-14-4-3-13(22-6-1-2-7-22)9-15(14)20-17(23)16-11-25-18(21-16)12-5-8-24-10-12/h1-11H,(H,20,23). The summed E-state index contributed by atoms with van der Waals surface area (Å²) in [5.41, 5.74) is 2.15. The number of rotatable bonds is 4. The normalized spacial score (nSPS) is 10.8. The number of thiazole rings is 1. The zero-order valence-electron chi connectivity index (χ0n) is 12.8. The lowest BCUT2D eigenvalue weighted by molar-refractivity contribution is 0.102. The highest BCUT2D eigenvalue weighted by Gasteiger charge is 2.14. The summed E-state index contributed by atoms with van der Waals surface area (Å²) in [4.78, 5) is 16.7. The predicted octanol–water partition coefficient (Wildman–Crippen LogP) is 5.05. The van der Waals surface area contributed by atoms with Gasteiger partial charge in [0.2, 0.25) is 0 Å². The zero-order chi connectivity index (χ0) is 17.2. The maximum absolute atomic E-state index is 14.1. The van der Waals surface area contributed by atoms with Crippen LogP contribution < -0.4 is 5.32 Å². The van der Waals surface area contributed by atoms with E-state index in [-0.39, 0.29) is 11.4 Å². The van der Waals surface area contributed by atoms with Crippen LogP contribution in [0.3, 0.4) is 0 Å². The summed E-state index contributed by atoms with van der Waals surface area (Å²) in [6.45, 7) is 0. The minimum atomic E-state index is -0.488. The summed E-state index contributed by atoms with van der Waals surface area (Å²) in [6, 6.07) is 10.3. The molecule has 0 aliphatic carbocycles. The van der Waals surface area contributed by atoms with Gasteiger partial charge in [-0.2, -0.15) is 11.3 Å². The van der Waals surface area contributed by atoms with Crippen molar-refractivity contribution in [1.29, 1.82) is 0 Å². The summed E-state index contributed by atoms with van der Waals surface area (Å²) in [5.74, 6) is -0.918. The van der Waals surface area contributed by atoms with Gasteiger partial charge in [0.25, 0.3) is 5.91 Å². The first-order chi connectivity index (χ1) is 12.2. The van der Waals surface area contributed by atoms with Gasteiger partial charge in [0.1, 0.15) is 16.5 Å². The molecule has 7 heteroatoms. The second-order valence-electron chi connectivity index (χ2n) is 5.26. The molecule has 0 bridgehead atoms. The first-order valence-electron chi connectivity index (χ1n) is 7.43. The molecule has 0 saturated carbocycles. The van der Waals surface area contributed by atoms with E-state index < -0.39 is 11.7 Å². The Balaban J connectivity index is 1.58. The number of carbonyl (C=O) groups excluding carboxylic acids is 1. The molecule has 0 radical (unpaired) electrons. The van der Waals surface area contributed by atoms with Crippen LogP contribution in [0, 0.1) is 5.82 Å². The van der Waals surface area contributed by atoms with Crippen LogP contribution in [-0.2, 0) is 0 Å². The quantitative estimate of drug-likeness (QED) is 0.547. The number of benzene rings is 1. The van der Waals surface area contributed by atoms with Crippen molar-refractivity contribution < 1.29 is 9.18 Å². The van der Waals surface area contributed by atoms with Gasteiger partial charge < -0.3 is 9.88 Å². The summed E-state index contributed by atoms with van der Waals surface area (Å²) in [5, 5.41) is 8.98. The molecule has 4 aromatic rings. The van der Waals surface area contributed by atoms with Crippen molar-refractivity contribution in [2.45, 2.75) is 0 Å². The Labute approximate surface area is 151 Å². The van der Waals surface area contributed by atoms with Crippen molar-refractivity contribution in [3.8, 4) is 16.3 Å². The van der Waals surface area contributed by atoms with E-state index in [0.717, 1.165) is 16.3 Å². The highest BCUT2D eigenvalue weighted by Crippen LogP contribution is 2.26. The van der Waals surface area contributed by atoms with Crippen molar-refractivity contribution in [2.24, 2.45) is 0 Å².